The van der Waals surface area contributed by atoms with E-state index in [2.05, 4.69) is 16.6 Å². The molecule has 0 radical (unpaired) electrons. The zero-order chi connectivity index (χ0) is 18.1. The molecule has 26 heavy (non-hydrogen) atoms. The summed E-state index contributed by atoms with van der Waals surface area (Å²) < 4.78 is 0. The minimum absolute atomic E-state index is 0.251. The molecule has 1 amide bonds. The average Bonchev–Trinajstić information content (AvgIpc) is 3.05. The Balaban J connectivity index is 1.57. The number of hydrogen-bond acceptors (Lipinski definition) is 4. The molecule has 2 aromatic heterocycles. The number of pyridine rings is 1. The number of para-hydroxylation sites is 1. The maximum atomic E-state index is 12.4. The number of carbonyl (C=O) groups is 1. The maximum Gasteiger partial charge on any atom is 0.281 e. The first-order valence-corrected chi connectivity index (χ1v) is 9.18. The summed E-state index contributed by atoms with van der Waals surface area (Å²) in [4.78, 5) is 18.5. The number of halogens is 1. The summed E-state index contributed by atoms with van der Waals surface area (Å²) in [7, 11) is 0. The lowest BCUT2D eigenvalue weighted by molar-refractivity contribution is 0.0959. The number of benzene rings is 2. The van der Waals surface area contributed by atoms with E-state index in [-0.39, 0.29) is 5.91 Å². The summed E-state index contributed by atoms with van der Waals surface area (Å²) in [5.74, 6) is -0.251. The minimum atomic E-state index is -0.251. The van der Waals surface area contributed by atoms with E-state index in [1.807, 2.05) is 43.3 Å². The number of aromatic nitrogens is 1. The molecule has 0 aliphatic heterocycles. The van der Waals surface area contributed by atoms with E-state index in [0.717, 1.165) is 32.2 Å². The Hall–Kier alpha value is -2.76. The maximum absolute atomic E-state index is 12.4. The summed E-state index contributed by atoms with van der Waals surface area (Å²) in [5.41, 5.74) is 5.50. The van der Waals surface area contributed by atoms with Crippen LogP contribution in [0, 0.1) is 6.92 Å². The molecule has 128 valence electrons. The van der Waals surface area contributed by atoms with Crippen LogP contribution in [0.25, 0.3) is 21.1 Å². The fourth-order valence-corrected chi connectivity index (χ4v) is 3.72. The molecule has 0 spiro atoms. The smallest absolute Gasteiger partial charge is 0.266 e. The Morgan fingerprint density at radius 1 is 1.15 bits per heavy atom. The van der Waals surface area contributed by atoms with Gasteiger partial charge in [0, 0.05) is 15.8 Å². The van der Waals surface area contributed by atoms with Gasteiger partial charge in [-0.3, -0.25) is 4.79 Å². The molecule has 2 heterocycles. The van der Waals surface area contributed by atoms with Crippen LogP contribution in [0.4, 0.5) is 0 Å². The first kappa shape index (κ1) is 16.7. The Labute approximate surface area is 159 Å². The van der Waals surface area contributed by atoms with Crippen LogP contribution < -0.4 is 5.43 Å². The molecule has 0 saturated carbocycles. The van der Waals surface area contributed by atoms with Gasteiger partial charge in [-0.2, -0.15) is 5.10 Å². The van der Waals surface area contributed by atoms with Crippen molar-refractivity contribution in [3.05, 3.63) is 75.6 Å². The number of nitrogens with one attached hydrogen (secondary N) is 1. The number of carbonyl (C=O) groups excluding carboxylic acids is 1. The number of nitrogens with zero attached hydrogens (tertiary/aromatic N) is 2. The second-order valence-electron chi connectivity index (χ2n) is 5.89. The molecule has 4 nitrogen and oxygen atoms in total. The molecule has 0 unspecified atom stereocenters. The van der Waals surface area contributed by atoms with Gasteiger partial charge in [0.25, 0.3) is 5.91 Å². The fraction of sp³-hybridized carbons (Fsp3) is 0.0500. The first-order chi connectivity index (χ1) is 12.6. The van der Waals surface area contributed by atoms with Gasteiger partial charge < -0.3 is 0 Å². The molecule has 1 N–H and O–H groups in total. The van der Waals surface area contributed by atoms with Crippen molar-refractivity contribution >= 4 is 56.2 Å². The highest BCUT2D eigenvalue weighted by Gasteiger charge is 2.12. The molecule has 4 aromatic rings. The van der Waals surface area contributed by atoms with E-state index in [1.165, 1.54) is 11.3 Å². The van der Waals surface area contributed by atoms with Crippen molar-refractivity contribution in [1.29, 1.82) is 0 Å². The monoisotopic (exact) mass is 379 g/mol. The highest BCUT2D eigenvalue weighted by Crippen LogP contribution is 2.28. The molecule has 0 fully saturated rings. The second-order valence-corrected chi connectivity index (χ2v) is 7.36. The molecule has 0 aliphatic rings. The van der Waals surface area contributed by atoms with Crippen LogP contribution in [0.1, 0.15) is 20.8 Å². The topological polar surface area (TPSA) is 54.4 Å². The Morgan fingerprint density at radius 3 is 2.77 bits per heavy atom. The van der Waals surface area contributed by atoms with E-state index < -0.39 is 0 Å². The SMILES string of the molecule is Cc1cccc2cc3cc(C(=O)N/N=C/c4ccc(Cl)cc4)sc3nc12. The van der Waals surface area contributed by atoms with Gasteiger partial charge in [-0.05, 0) is 42.3 Å². The summed E-state index contributed by atoms with van der Waals surface area (Å²) >= 11 is 7.21. The van der Waals surface area contributed by atoms with Crippen LogP contribution in [0.2, 0.25) is 5.02 Å². The predicted molar refractivity (Wildman–Crippen MR) is 108 cm³/mol. The number of hydrogen-bond donors (Lipinski definition) is 1. The molecular formula is C20H14ClN3OS. The molecule has 0 aliphatic carbocycles. The highest BCUT2D eigenvalue weighted by atomic mass is 35.5. The number of fused-ring (bicyclic) bond motifs is 2. The lowest BCUT2D eigenvalue weighted by atomic mass is 10.1. The number of amides is 1. The van der Waals surface area contributed by atoms with Crippen molar-refractivity contribution in [2.24, 2.45) is 5.10 Å². The minimum Gasteiger partial charge on any atom is -0.266 e. The van der Waals surface area contributed by atoms with E-state index in [9.17, 15) is 4.79 Å². The van der Waals surface area contributed by atoms with Crippen LogP contribution in [0.15, 0.2) is 59.7 Å². The number of hydrazone groups is 1. The summed E-state index contributed by atoms with van der Waals surface area (Å²) in [6, 6.07) is 17.2. The van der Waals surface area contributed by atoms with E-state index in [1.54, 1.807) is 18.3 Å². The predicted octanol–water partition coefficient (Wildman–Crippen LogP) is 5.18. The van der Waals surface area contributed by atoms with Crippen molar-refractivity contribution in [2.45, 2.75) is 6.92 Å². The quantitative estimate of drug-likeness (QED) is 0.394. The van der Waals surface area contributed by atoms with Crippen LogP contribution in [-0.4, -0.2) is 17.1 Å². The van der Waals surface area contributed by atoms with E-state index in [4.69, 9.17) is 16.6 Å². The number of thiophene rings is 1. The Morgan fingerprint density at radius 2 is 1.96 bits per heavy atom. The third-order valence-corrected chi connectivity index (χ3v) is 5.30. The summed E-state index contributed by atoms with van der Waals surface area (Å²) in [5, 5.41) is 6.69. The average molecular weight is 380 g/mol. The van der Waals surface area contributed by atoms with Crippen molar-refractivity contribution in [2.75, 3.05) is 0 Å². The Kier molecular flexibility index (Phi) is 4.41. The molecule has 4 rings (SSSR count). The van der Waals surface area contributed by atoms with Gasteiger partial charge in [-0.25, -0.2) is 10.4 Å². The van der Waals surface area contributed by atoms with Gasteiger partial charge in [-0.1, -0.05) is 41.9 Å². The van der Waals surface area contributed by atoms with Gasteiger partial charge in [-0.15, -0.1) is 11.3 Å². The van der Waals surface area contributed by atoms with Crippen LogP contribution in [-0.2, 0) is 0 Å². The van der Waals surface area contributed by atoms with Gasteiger partial charge in [0.05, 0.1) is 16.6 Å². The van der Waals surface area contributed by atoms with E-state index >= 15 is 0 Å². The van der Waals surface area contributed by atoms with Gasteiger partial charge >= 0.3 is 0 Å². The van der Waals surface area contributed by atoms with Crippen molar-refractivity contribution < 1.29 is 4.79 Å². The third kappa shape index (κ3) is 3.31. The lowest BCUT2D eigenvalue weighted by Gasteiger charge is -2.00. The fourth-order valence-electron chi connectivity index (χ4n) is 2.69. The molecule has 2 aromatic carbocycles. The molecule has 0 saturated heterocycles. The first-order valence-electron chi connectivity index (χ1n) is 7.99. The van der Waals surface area contributed by atoms with Crippen molar-refractivity contribution in [1.82, 2.24) is 10.4 Å². The van der Waals surface area contributed by atoms with Gasteiger partial charge in [0.15, 0.2) is 0 Å². The second kappa shape index (κ2) is 6.86. The van der Waals surface area contributed by atoms with Gasteiger partial charge in [0.2, 0.25) is 0 Å². The Bertz CT molecular complexity index is 1150. The van der Waals surface area contributed by atoms with Crippen molar-refractivity contribution in [3.8, 4) is 0 Å². The molecule has 6 heteroatoms. The molecule has 0 atom stereocenters. The number of rotatable bonds is 3. The molecular weight excluding hydrogens is 366 g/mol. The van der Waals surface area contributed by atoms with Crippen LogP contribution in [0.3, 0.4) is 0 Å². The zero-order valence-electron chi connectivity index (χ0n) is 13.9. The van der Waals surface area contributed by atoms with Crippen LogP contribution >= 0.6 is 22.9 Å². The number of aryl methyl sites for hydroxylation is 1. The summed E-state index contributed by atoms with van der Waals surface area (Å²) in [6.07, 6.45) is 1.58. The van der Waals surface area contributed by atoms with E-state index in [0.29, 0.717) is 9.90 Å². The highest BCUT2D eigenvalue weighted by molar-refractivity contribution is 7.20. The normalized spacial score (nSPS) is 11.5. The standard InChI is InChI=1S/C20H14ClN3OS/c1-12-3-2-4-14-9-15-10-17(26-20(15)23-18(12)14)19(25)24-22-11-13-5-7-16(21)8-6-13/h2-11H,1H3,(H,24,25)/b22-11+. The van der Waals surface area contributed by atoms with Crippen LogP contribution in [0.5, 0.6) is 0 Å². The van der Waals surface area contributed by atoms with Gasteiger partial charge in [0.1, 0.15) is 4.83 Å². The summed E-state index contributed by atoms with van der Waals surface area (Å²) in [6.45, 7) is 2.04. The third-order valence-electron chi connectivity index (χ3n) is 4.01. The largest absolute Gasteiger partial charge is 0.281 e. The lowest BCUT2D eigenvalue weighted by Crippen LogP contribution is -2.16. The van der Waals surface area contributed by atoms with Crippen molar-refractivity contribution in [3.63, 3.8) is 0 Å². The molecule has 0 bridgehead atoms. The zero-order valence-corrected chi connectivity index (χ0v) is 15.4.